The Kier molecular flexibility index (Phi) is 4.45. The number of carbonyl (C=O) groups excluding carboxylic acids is 1. The molecule has 2 aromatic rings. The molecule has 0 amide bonds. The van der Waals surface area contributed by atoms with Crippen molar-refractivity contribution < 1.29 is 14.3 Å². The second-order valence-corrected chi connectivity index (χ2v) is 6.42. The van der Waals surface area contributed by atoms with Gasteiger partial charge >= 0.3 is 5.97 Å². The molecule has 0 saturated heterocycles. The van der Waals surface area contributed by atoms with Gasteiger partial charge in [0.25, 0.3) is 0 Å². The number of nitrogens with zero attached hydrogens (tertiary/aromatic N) is 1. The maximum atomic E-state index is 11.3. The van der Waals surface area contributed by atoms with Crippen LogP contribution in [0.25, 0.3) is 0 Å². The highest BCUT2D eigenvalue weighted by Crippen LogP contribution is 2.33. The lowest BCUT2D eigenvalue weighted by atomic mass is 10.0. The maximum absolute atomic E-state index is 11.3. The van der Waals surface area contributed by atoms with Crippen LogP contribution in [0, 0.1) is 0 Å². The van der Waals surface area contributed by atoms with Gasteiger partial charge in [-0.15, -0.1) is 11.3 Å². The van der Waals surface area contributed by atoms with Gasteiger partial charge < -0.3 is 9.47 Å². The van der Waals surface area contributed by atoms with Crippen LogP contribution in [0.3, 0.4) is 0 Å². The largest absolute Gasteiger partial charge is 0.497 e. The molecule has 22 heavy (non-hydrogen) atoms. The summed E-state index contributed by atoms with van der Waals surface area (Å²) in [6, 6.07) is 10.2. The summed E-state index contributed by atoms with van der Waals surface area (Å²) < 4.78 is 10.7. The number of esters is 1. The Morgan fingerprint density at radius 2 is 2.09 bits per heavy atom. The Labute approximate surface area is 134 Å². The summed E-state index contributed by atoms with van der Waals surface area (Å²) in [6.07, 6.45) is -0.161. The van der Waals surface area contributed by atoms with Crippen LogP contribution < -0.4 is 4.74 Å². The number of hydrogen-bond acceptors (Lipinski definition) is 5. The Bertz CT molecular complexity index is 650. The number of carbonyl (C=O) groups is 1. The minimum absolute atomic E-state index is 0.161. The van der Waals surface area contributed by atoms with Crippen LogP contribution in [-0.2, 0) is 22.6 Å². The minimum atomic E-state index is -0.228. The molecule has 2 heterocycles. The molecule has 1 unspecified atom stereocenters. The highest BCUT2D eigenvalue weighted by molar-refractivity contribution is 7.10. The van der Waals surface area contributed by atoms with Crippen molar-refractivity contribution in [2.24, 2.45) is 0 Å². The minimum Gasteiger partial charge on any atom is -0.497 e. The molecule has 1 aromatic carbocycles. The van der Waals surface area contributed by atoms with E-state index in [0.717, 1.165) is 30.9 Å². The van der Waals surface area contributed by atoms with Crippen LogP contribution >= 0.6 is 11.3 Å². The summed E-state index contributed by atoms with van der Waals surface area (Å²) in [5.41, 5.74) is 2.38. The molecule has 3 rings (SSSR count). The standard InChI is InChI=1S/C17H19NO3S/c1-12(19)21-16-10-18(11-17-15(16)7-8-22-17)9-13-3-5-14(20-2)6-4-13/h3-8,16H,9-11H2,1-2H3. The number of fused-ring (bicyclic) bond motifs is 1. The zero-order valence-corrected chi connectivity index (χ0v) is 13.6. The fourth-order valence-electron chi connectivity index (χ4n) is 2.78. The number of hydrogen-bond donors (Lipinski definition) is 0. The van der Waals surface area contributed by atoms with Gasteiger partial charge in [-0.1, -0.05) is 12.1 Å². The van der Waals surface area contributed by atoms with Gasteiger partial charge in [-0.05, 0) is 29.1 Å². The Morgan fingerprint density at radius 3 is 2.77 bits per heavy atom. The first kappa shape index (κ1) is 15.1. The van der Waals surface area contributed by atoms with E-state index in [-0.39, 0.29) is 12.1 Å². The highest BCUT2D eigenvalue weighted by atomic mass is 32.1. The van der Waals surface area contributed by atoms with Crippen LogP contribution in [0.1, 0.15) is 29.0 Å². The second kappa shape index (κ2) is 6.50. The highest BCUT2D eigenvalue weighted by Gasteiger charge is 2.28. The number of rotatable bonds is 4. The molecule has 1 atom stereocenters. The third kappa shape index (κ3) is 3.31. The predicted octanol–water partition coefficient (Wildman–Crippen LogP) is 3.38. The summed E-state index contributed by atoms with van der Waals surface area (Å²) >= 11 is 1.72. The van der Waals surface area contributed by atoms with Crippen molar-refractivity contribution in [2.75, 3.05) is 13.7 Å². The molecular formula is C17H19NO3S. The average Bonchev–Trinajstić information content (AvgIpc) is 2.96. The van der Waals surface area contributed by atoms with E-state index in [1.807, 2.05) is 12.1 Å². The van der Waals surface area contributed by atoms with Crippen LogP contribution in [0.4, 0.5) is 0 Å². The van der Waals surface area contributed by atoms with Gasteiger partial charge in [-0.2, -0.15) is 0 Å². The zero-order valence-electron chi connectivity index (χ0n) is 12.7. The lowest BCUT2D eigenvalue weighted by Gasteiger charge is -2.32. The van der Waals surface area contributed by atoms with Gasteiger partial charge in [0.2, 0.25) is 0 Å². The van der Waals surface area contributed by atoms with E-state index < -0.39 is 0 Å². The van der Waals surface area contributed by atoms with Gasteiger partial charge in [0, 0.05) is 37.0 Å². The predicted molar refractivity (Wildman–Crippen MR) is 85.9 cm³/mol. The van der Waals surface area contributed by atoms with E-state index in [0.29, 0.717) is 0 Å². The summed E-state index contributed by atoms with van der Waals surface area (Å²) in [7, 11) is 1.67. The van der Waals surface area contributed by atoms with Crippen molar-refractivity contribution >= 4 is 17.3 Å². The molecule has 116 valence electrons. The summed E-state index contributed by atoms with van der Waals surface area (Å²) in [6.45, 7) is 3.93. The van der Waals surface area contributed by atoms with Gasteiger partial charge in [0.15, 0.2) is 0 Å². The number of methoxy groups -OCH3 is 1. The van der Waals surface area contributed by atoms with Crippen LogP contribution in [0.15, 0.2) is 35.7 Å². The Morgan fingerprint density at radius 1 is 1.32 bits per heavy atom. The fraction of sp³-hybridized carbons (Fsp3) is 0.353. The molecule has 1 aliphatic heterocycles. The van der Waals surface area contributed by atoms with E-state index in [1.165, 1.54) is 17.4 Å². The van der Waals surface area contributed by atoms with Crippen molar-refractivity contribution in [1.82, 2.24) is 4.90 Å². The average molecular weight is 317 g/mol. The molecule has 0 aliphatic carbocycles. The van der Waals surface area contributed by atoms with Crippen molar-refractivity contribution in [3.63, 3.8) is 0 Å². The smallest absolute Gasteiger partial charge is 0.303 e. The van der Waals surface area contributed by atoms with Gasteiger partial charge in [0.1, 0.15) is 11.9 Å². The second-order valence-electron chi connectivity index (χ2n) is 5.41. The Hall–Kier alpha value is -1.85. The third-order valence-electron chi connectivity index (χ3n) is 3.79. The molecule has 0 saturated carbocycles. The number of benzene rings is 1. The Balaban J connectivity index is 1.73. The van der Waals surface area contributed by atoms with Crippen LogP contribution in [-0.4, -0.2) is 24.5 Å². The van der Waals surface area contributed by atoms with E-state index >= 15 is 0 Å². The van der Waals surface area contributed by atoms with E-state index in [4.69, 9.17) is 9.47 Å². The first-order chi connectivity index (χ1) is 10.7. The summed E-state index contributed by atoms with van der Waals surface area (Å²) in [4.78, 5) is 14.9. The van der Waals surface area contributed by atoms with Crippen LogP contribution in [0.2, 0.25) is 0 Å². The van der Waals surface area contributed by atoms with Crippen molar-refractivity contribution in [2.45, 2.75) is 26.1 Å². The molecule has 4 nitrogen and oxygen atoms in total. The summed E-state index contributed by atoms with van der Waals surface area (Å²) in [5.74, 6) is 0.633. The lowest BCUT2D eigenvalue weighted by Crippen LogP contribution is -2.34. The molecule has 0 N–H and O–H groups in total. The van der Waals surface area contributed by atoms with E-state index in [2.05, 4.69) is 28.5 Å². The molecule has 0 bridgehead atoms. The fourth-order valence-corrected chi connectivity index (χ4v) is 3.75. The van der Waals surface area contributed by atoms with E-state index in [1.54, 1.807) is 18.4 Å². The molecule has 0 radical (unpaired) electrons. The zero-order chi connectivity index (χ0) is 15.5. The quantitative estimate of drug-likeness (QED) is 0.810. The summed E-state index contributed by atoms with van der Waals surface area (Å²) in [5, 5.41) is 2.07. The maximum Gasteiger partial charge on any atom is 0.303 e. The lowest BCUT2D eigenvalue weighted by molar-refractivity contribution is -0.148. The van der Waals surface area contributed by atoms with Crippen LogP contribution in [0.5, 0.6) is 5.75 Å². The SMILES string of the molecule is COc1ccc(CN2Cc3sccc3C(OC(C)=O)C2)cc1. The van der Waals surface area contributed by atoms with Crippen molar-refractivity contribution in [1.29, 1.82) is 0 Å². The topological polar surface area (TPSA) is 38.8 Å². The molecule has 0 spiro atoms. The first-order valence-electron chi connectivity index (χ1n) is 7.24. The normalized spacial score (nSPS) is 17.8. The molecule has 0 fully saturated rings. The molecule has 1 aromatic heterocycles. The monoisotopic (exact) mass is 317 g/mol. The van der Waals surface area contributed by atoms with Gasteiger partial charge in [0.05, 0.1) is 7.11 Å². The van der Waals surface area contributed by atoms with Gasteiger partial charge in [-0.3, -0.25) is 9.69 Å². The number of thiophene rings is 1. The molecule has 5 heteroatoms. The molecular weight excluding hydrogens is 298 g/mol. The van der Waals surface area contributed by atoms with Gasteiger partial charge in [-0.25, -0.2) is 0 Å². The first-order valence-corrected chi connectivity index (χ1v) is 8.12. The van der Waals surface area contributed by atoms with E-state index in [9.17, 15) is 4.79 Å². The van der Waals surface area contributed by atoms with Crippen molar-refractivity contribution in [3.8, 4) is 5.75 Å². The molecule has 1 aliphatic rings. The third-order valence-corrected chi connectivity index (χ3v) is 4.71. The number of ether oxygens (including phenoxy) is 2. The van der Waals surface area contributed by atoms with Crippen molar-refractivity contribution in [3.05, 3.63) is 51.7 Å².